The molecule has 108 valence electrons. The van der Waals surface area contributed by atoms with Crippen molar-refractivity contribution in [3.63, 3.8) is 0 Å². The van der Waals surface area contributed by atoms with Crippen LogP contribution in [0.5, 0.6) is 17.2 Å². The number of fused-ring (bicyclic) bond motifs is 1. The molecule has 0 radical (unpaired) electrons. The van der Waals surface area contributed by atoms with E-state index < -0.39 is 4.92 Å². The van der Waals surface area contributed by atoms with Crippen LogP contribution in [-0.4, -0.2) is 11.7 Å². The summed E-state index contributed by atoms with van der Waals surface area (Å²) < 4.78 is 16.0. The van der Waals surface area contributed by atoms with Gasteiger partial charge in [0, 0.05) is 6.07 Å². The van der Waals surface area contributed by atoms with Crippen molar-refractivity contribution >= 4 is 17.3 Å². The Kier molecular flexibility index (Phi) is 3.53. The Labute approximate surface area is 125 Å². The van der Waals surface area contributed by atoms with Crippen molar-refractivity contribution in [2.45, 2.75) is 6.61 Å². The van der Waals surface area contributed by atoms with Crippen LogP contribution in [0.25, 0.3) is 0 Å². The Bertz CT molecular complexity index is 704. The third-order valence-electron chi connectivity index (χ3n) is 2.92. The fourth-order valence-corrected chi connectivity index (χ4v) is 2.25. The molecule has 2 aromatic carbocycles. The molecule has 0 aromatic heterocycles. The van der Waals surface area contributed by atoms with Crippen LogP contribution in [0, 0.1) is 10.1 Å². The van der Waals surface area contributed by atoms with Crippen LogP contribution in [-0.2, 0) is 6.61 Å². The van der Waals surface area contributed by atoms with Gasteiger partial charge >= 0.3 is 0 Å². The molecule has 0 unspecified atom stereocenters. The molecule has 3 rings (SSSR count). The van der Waals surface area contributed by atoms with E-state index in [1.807, 2.05) is 0 Å². The second-order valence-electron chi connectivity index (χ2n) is 4.35. The van der Waals surface area contributed by atoms with Gasteiger partial charge < -0.3 is 14.2 Å². The van der Waals surface area contributed by atoms with Crippen molar-refractivity contribution in [3.05, 3.63) is 57.1 Å². The summed E-state index contributed by atoms with van der Waals surface area (Å²) in [6, 6.07) is 9.48. The maximum absolute atomic E-state index is 10.7. The minimum Gasteiger partial charge on any atom is -0.489 e. The summed E-state index contributed by atoms with van der Waals surface area (Å²) in [7, 11) is 0. The molecular weight excluding hydrogens is 298 g/mol. The summed E-state index contributed by atoms with van der Waals surface area (Å²) in [6.45, 7) is 0.363. The summed E-state index contributed by atoms with van der Waals surface area (Å²) in [6.07, 6.45) is 0. The largest absolute Gasteiger partial charge is 0.489 e. The van der Waals surface area contributed by atoms with Gasteiger partial charge in [-0.2, -0.15) is 0 Å². The van der Waals surface area contributed by atoms with Gasteiger partial charge in [-0.3, -0.25) is 10.1 Å². The normalized spacial score (nSPS) is 12.2. The molecule has 0 amide bonds. The lowest BCUT2D eigenvalue weighted by Gasteiger charge is -2.08. The van der Waals surface area contributed by atoms with Crippen LogP contribution in [0.2, 0.25) is 5.02 Å². The van der Waals surface area contributed by atoms with Gasteiger partial charge in [0.1, 0.15) is 12.4 Å². The van der Waals surface area contributed by atoms with E-state index in [0.717, 1.165) is 5.56 Å². The number of non-ortho nitro benzene ring substituents is 1. The molecule has 0 atom stereocenters. The lowest BCUT2D eigenvalue weighted by molar-refractivity contribution is -0.384. The number of benzene rings is 2. The SMILES string of the molecule is O=[N+]([O-])c1cccc(OCc2cc(Cl)c3c(c2)OCO3)c1. The lowest BCUT2D eigenvalue weighted by Crippen LogP contribution is -1.96. The van der Waals surface area contributed by atoms with E-state index >= 15 is 0 Å². The average Bonchev–Trinajstić information content (AvgIpc) is 2.94. The Morgan fingerprint density at radius 1 is 1.29 bits per heavy atom. The quantitative estimate of drug-likeness (QED) is 0.638. The molecule has 2 aromatic rings. The predicted octanol–water partition coefficient (Wildman–Crippen LogP) is 3.56. The number of ether oxygens (including phenoxy) is 3. The molecule has 21 heavy (non-hydrogen) atoms. The van der Waals surface area contributed by atoms with Crippen molar-refractivity contribution in [1.82, 2.24) is 0 Å². The maximum atomic E-state index is 10.7. The highest BCUT2D eigenvalue weighted by molar-refractivity contribution is 6.32. The van der Waals surface area contributed by atoms with E-state index in [9.17, 15) is 10.1 Å². The molecule has 0 saturated heterocycles. The smallest absolute Gasteiger partial charge is 0.273 e. The van der Waals surface area contributed by atoms with E-state index in [1.54, 1.807) is 24.3 Å². The lowest BCUT2D eigenvalue weighted by atomic mass is 10.2. The predicted molar refractivity (Wildman–Crippen MR) is 75.0 cm³/mol. The van der Waals surface area contributed by atoms with Crippen LogP contribution in [0.1, 0.15) is 5.56 Å². The third kappa shape index (κ3) is 2.85. The second kappa shape index (κ2) is 5.49. The number of nitrogens with zero attached hydrogens (tertiary/aromatic N) is 1. The molecule has 6 nitrogen and oxygen atoms in total. The summed E-state index contributed by atoms with van der Waals surface area (Å²) in [5.74, 6) is 1.51. The van der Waals surface area contributed by atoms with Gasteiger partial charge in [0.15, 0.2) is 11.5 Å². The Morgan fingerprint density at radius 2 is 2.14 bits per heavy atom. The monoisotopic (exact) mass is 307 g/mol. The van der Waals surface area contributed by atoms with Gasteiger partial charge in [-0.05, 0) is 23.8 Å². The van der Waals surface area contributed by atoms with E-state index in [-0.39, 0.29) is 19.1 Å². The molecule has 1 heterocycles. The van der Waals surface area contributed by atoms with E-state index in [0.29, 0.717) is 22.3 Å². The van der Waals surface area contributed by atoms with Gasteiger partial charge in [0.2, 0.25) is 6.79 Å². The molecule has 0 aliphatic carbocycles. The van der Waals surface area contributed by atoms with Crippen LogP contribution < -0.4 is 14.2 Å². The maximum Gasteiger partial charge on any atom is 0.273 e. The molecule has 0 saturated carbocycles. The van der Waals surface area contributed by atoms with Crippen molar-refractivity contribution in [2.24, 2.45) is 0 Å². The molecule has 0 N–H and O–H groups in total. The third-order valence-corrected chi connectivity index (χ3v) is 3.20. The van der Waals surface area contributed by atoms with Gasteiger partial charge in [-0.25, -0.2) is 0 Å². The van der Waals surface area contributed by atoms with Crippen molar-refractivity contribution in [1.29, 1.82) is 0 Å². The molecule has 0 spiro atoms. The summed E-state index contributed by atoms with van der Waals surface area (Å²) in [4.78, 5) is 10.2. The molecule has 1 aliphatic rings. The molecule has 0 fully saturated rings. The minimum absolute atomic E-state index is 0.0174. The average molecular weight is 308 g/mol. The van der Waals surface area contributed by atoms with E-state index in [1.165, 1.54) is 12.1 Å². The zero-order valence-corrected chi connectivity index (χ0v) is 11.5. The van der Waals surface area contributed by atoms with Crippen molar-refractivity contribution in [2.75, 3.05) is 6.79 Å². The Balaban J connectivity index is 1.75. The molecular formula is C14H10ClNO5. The van der Waals surface area contributed by atoms with Crippen LogP contribution in [0.4, 0.5) is 5.69 Å². The van der Waals surface area contributed by atoms with Crippen LogP contribution >= 0.6 is 11.6 Å². The van der Waals surface area contributed by atoms with Crippen LogP contribution in [0.15, 0.2) is 36.4 Å². The van der Waals surface area contributed by atoms with Crippen molar-refractivity contribution in [3.8, 4) is 17.2 Å². The van der Waals surface area contributed by atoms with E-state index in [2.05, 4.69) is 0 Å². The first-order chi connectivity index (χ1) is 10.1. The van der Waals surface area contributed by atoms with Gasteiger partial charge in [0.25, 0.3) is 5.69 Å². The Morgan fingerprint density at radius 3 is 2.95 bits per heavy atom. The first kappa shape index (κ1) is 13.5. The molecule has 7 heteroatoms. The topological polar surface area (TPSA) is 70.8 Å². The number of halogens is 1. The van der Waals surface area contributed by atoms with Gasteiger partial charge in [-0.15, -0.1) is 0 Å². The summed E-state index contributed by atoms with van der Waals surface area (Å²) in [5, 5.41) is 11.1. The highest BCUT2D eigenvalue weighted by atomic mass is 35.5. The van der Waals surface area contributed by atoms with Crippen LogP contribution in [0.3, 0.4) is 0 Å². The first-order valence-electron chi connectivity index (χ1n) is 6.09. The first-order valence-corrected chi connectivity index (χ1v) is 6.46. The summed E-state index contributed by atoms with van der Waals surface area (Å²) >= 11 is 6.07. The number of nitro groups is 1. The number of nitro benzene ring substituents is 1. The number of hydrogen-bond donors (Lipinski definition) is 0. The number of hydrogen-bond acceptors (Lipinski definition) is 5. The van der Waals surface area contributed by atoms with E-state index in [4.69, 9.17) is 25.8 Å². The zero-order chi connectivity index (χ0) is 14.8. The van der Waals surface area contributed by atoms with Gasteiger partial charge in [0.05, 0.1) is 16.0 Å². The standard InChI is InChI=1S/C14H10ClNO5/c15-12-4-9(5-13-14(12)21-8-20-13)7-19-11-3-1-2-10(6-11)16(17)18/h1-6H,7-8H2. The fourth-order valence-electron chi connectivity index (χ4n) is 1.96. The molecule has 0 bridgehead atoms. The zero-order valence-electron chi connectivity index (χ0n) is 10.7. The fraction of sp³-hybridized carbons (Fsp3) is 0.143. The second-order valence-corrected chi connectivity index (χ2v) is 4.76. The Hall–Kier alpha value is -2.47. The van der Waals surface area contributed by atoms with Crippen molar-refractivity contribution < 1.29 is 19.1 Å². The number of rotatable bonds is 4. The minimum atomic E-state index is -0.468. The molecule has 1 aliphatic heterocycles. The van der Waals surface area contributed by atoms with Gasteiger partial charge in [-0.1, -0.05) is 17.7 Å². The highest BCUT2D eigenvalue weighted by Gasteiger charge is 2.18. The highest BCUT2D eigenvalue weighted by Crippen LogP contribution is 2.40. The summed E-state index contributed by atoms with van der Waals surface area (Å²) in [5.41, 5.74) is 0.770.